The Hall–Kier alpha value is -2.95. The fourth-order valence-corrected chi connectivity index (χ4v) is 2.99. The van der Waals surface area contributed by atoms with Crippen LogP contribution in [0.5, 0.6) is 0 Å². The number of carbonyl (C=O) groups is 3. The van der Waals surface area contributed by atoms with Crippen molar-refractivity contribution in [3.05, 3.63) is 52.5 Å². The molecule has 2 aromatic rings. The quantitative estimate of drug-likeness (QED) is 0.628. The second-order valence-corrected chi connectivity index (χ2v) is 6.18. The van der Waals surface area contributed by atoms with Crippen molar-refractivity contribution in [3.8, 4) is 0 Å². The molecular weight excluding hydrogens is 378 g/mol. The molecule has 2 N–H and O–H groups in total. The number of alkyl halides is 3. The second-order valence-electron chi connectivity index (χ2n) is 5.23. The number of halogens is 4. The number of nitrogens with one attached hydrogen (secondary N) is 2. The van der Waals surface area contributed by atoms with E-state index < -0.39 is 41.2 Å². The molecule has 136 valence electrons. The molecular formula is C15H9F4N3O3S. The highest BCUT2D eigenvalue weighted by atomic mass is 32.1. The summed E-state index contributed by atoms with van der Waals surface area (Å²) < 4.78 is 54.3. The van der Waals surface area contributed by atoms with E-state index in [9.17, 15) is 31.9 Å². The van der Waals surface area contributed by atoms with E-state index in [4.69, 9.17) is 0 Å². The summed E-state index contributed by atoms with van der Waals surface area (Å²) in [6.07, 6.45) is -5.34. The third-order valence-electron chi connectivity index (χ3n) is 3.56. The van der Waals surface area contributed by atoms with E-state index >= 15 is 0 Å². The van der Waals surface area contributed by atoms with Gasteiger partial charge in [-0.3, -0.25) is 14.9 Å². The van der Waals surface area contributed by atoms with Gasteiger partial charge >= 0.3 is 12.2 Å². The zero-order valence-electron chi connectivity index (χ0n) is 12.6. The van der Waals surface area contributed by atoms with Crippen molar-refractivity contribution in [2.24, 2.45) is 0 Å². The van der Waals surface area contributed by atoms with Gasteiger partial charge in [-0.1, -0.05) is 12.1 Å². The zero-order valence-corrected chi connectivity index (χ0v) is 13.5. The second kappa shape index (κ2) is 6.09. The van der Waals surface area contributed by atoms with Crippen LogP contribution in [-0.2, 0) is 4.79 Å². The zero-order chi connectivity index (χ0) is 19.1. The molecule has 3 rings (SSSR count). The molecule has 26 heavy (non-hydrogen) atoms. The van der Waals surface area contributed by atoms with Gasteiger partial charge < -0.3 is 5.32 Å². The first kappa shape index (κ1) is 17.9. The van der Waals surface area contributed by atoms with Gasteiger partial charge in [0.15, 0.2) is 0 Å². The molecule has 1 aliphatic heterocycles. The standard InChI is InChI=1S/C15H9F4N3O3S/c16-8-3-1-4-9(7-8)22-12(24)14(15(17,18)19,21-13(22)25)20-11(23)10-5-2-6-26-10/h1-7H,(H,20,23)(H,21,25)/t14-/m1/s1. The number of imide groups is 1. The summed E-state index contributed by atoms with van der Waals surface area (Å²) in [5.41, 5.74) is -4.05. The van der Waals surface area contributed by atoms with Crippen molar-refractivity contribution in [3.63, 3.8) is 0 Å². The molecule has 2 heterocycles. The number of hydrogen-bond donors (Lipinski definition) is 2. The van der Waals surface area contributed by atoms with Crippen molar-refractivity contribution in [2.45, 2.75) is 11.8 Å². The first-order valence-corrected chi connectivity index (χ1v) is 7.89. The van der Waals surface area contributed by atoms with Crippen molar-refractivity contribution in [1.82, 2.24) is 10.6 Å². The Kier molecular flexibility index (Phi) is 4.18. The van der Waals surface area contributed by atoms with Gasteiger partial charge in [0, 0.05) is 0 Å². The molecule has 0 spiro atoms. The average molecular weight is 387 g/mol. The fourth-order valence-electron chi connectivity index (χ4n) is 2.37. The van der Waals surface area contributed by atoms with E-state index in [1.807, 2.05) is 0 Å². The van der Waals surface area contributed by atoms with E-state index in [-0.39, 0.29) is 9.78 Å². The van der Waals surface area contributed by atoms with E-state index in [1.165, 1.54) is 22.8 Å². The molecule has 0 unspecified atom stereocenters. The minimum absolute atomic E-state index is 0.0834. The van der Waals surface area contributed by atoms with Crippen LogP contribution in [0.4, 0.5) is 28.0 Å². The first-order valence-electron chi connectivity index (χ1n) is 7.01. The van der Waals surface area contributed by atoms with Crippen LogP contribution >= 0.6 is 11.3 Å². The number of urea groups is 1. The van der Waals surface area contributed by atoms with E-state index in [0.29, 0.717) is 0 Å². The summed E-state index contributed by atoms with van der Waals surface area (Å²) in [5, 5.41) is 4.50. The minimum atomic E-state index is -5.34. The molecule has 11 heteroatoms. The predicted molar refractivity (Wildman–Crippen MR) is 83.0 cm³/mol. The summed E-state index contributed by atoms with van der Waals surface area (Å²) in [7, 11) is 0. The minimum Gasteiger partial charge on any atom is -0.313 e. The van der Waals surface area contributed by atoms with Crippen molar-refractivity contribution < 1.29 is 31.9 Å². The van der Waals surface area contributed by atoms with Gasteiger partial charge in [-0.05, 0) is 29.6 Å². The lowest BCUT2D eigenvalue weighted by molar-refractivity contribution is -0.197. The molecule has 1 fully saturated rings. The molecule has 1 aromatic carbocycles. The molecule has 0 radical (unpaired) electrons. The number of rotatable bonds is 3. The number of benzene rings is 1. The third-order valence-corrected chi connectivity index (χ3v) is 4.43. The number of amides is 4. The smallest absolute Gasteiger partial charge is 0.313 e. The van der Waals surface area contributed by atoms with Gasteiger partial charge in [-0.2, -0.15) is 13.2 Å². The highest BCUT2D eigenvalue weighted by molar-refractivity contribution is 7.12. The van der Waals surface area contributed by atoms with Crippen LogP contribution in [0.15, 0.2) is 41.8 Å². The molecule has 0 saturated carbocycles. The Balaban J connectivity index is 2.02. The maximum absolute atomic E-state index is 13.7. The van der Waals surface area contributed by atoms with Gasteiger partial charge in [-0.15, -0.1) is 11.3 Å². The van der Waals surface area contributed by atoms with Crippen LogP contribution in [0.1, 0.15) is 9.67 Å². The molecule has 0 bridgehead atoms. The van der Waals surface area contributed by atoms with Gasteiger partial charge in [0.05, 0.1) is 10.6 Å². The van der Waals surface area contributed by atoms with Crippen LogP contribution in [0.3, 0.4) is 0 Å². The highest BCUT2D eigenvalue weighted by Crippen LogP contribution is 2.36. The SMILES string of the molecule is O=C(N[C@@]1(C(F)(F)F)NC(=O)N(c2cccc(F)c2)C1=O)c1cccs1. The lowest BCUT2D eigenvalue weighted by Crippen LogP contribution is -2.69. The highest BCUT2D eigenvalue weighted by Gasteiger charge is 2.69. The van der Waals surface area contributed by atoms with Crippen molar-refractivity contribution in [2.75, 3.05) is 4.90 Å². The van der Waals surface area contributed by atoms with E-state index in [0.717, 1.165) is 35.6 Å². The van der Waals surface area contributed by atoms with Gasteiger partial charge in [0.2, 0.25) is 0 Å². The number of hydrogen-bond acceptors (Lipinski definition) is 4. The average Bonchev–Trinajstić information content (AvgIpc) is 3.15. The Labute approximate surface area is 147 Å². The van der Waals surface area contributed by atoms with E-state index in [2.05, 4.69) is 0 Å². The normalized spacial score (nSPS) is 20.2. The summed E-state index contributed by atoms with van der Waals surface area (Å²) in [6, 6.07) is 5.20. The molecule has 1 atom stereocenters. The molecule has 0 aliphatic carbocycles. The fraction of sp³-hybridized carbons (Fsp3) is 0.133. The van der Waals surface area contributed by atoms with Crippen LogP contribution in [0, 0.1) is 5.82 Å². The van der Waals surface area contributed by atoms with Crippen LogP contribution in [0.2, 0.25) is 0 Å². The van der Waals surface area contributed by atoms with Crippen molar-refractivity contribution in [1.29, 1.82) is 0 Å². The maximum atomic E-state index is 13.7. The Morgan fingerprint density at radius 2 is 1.92 bits per heavy atom. The lowest BCUT2D eigenvalue weighted by Gasteiger charge is -2.29. The molecule has 1 saturated heterocycles. The van der Waals surface area contributed by atoms with Crippen LogP contribution in [-0.4, -0.2) is 29.7 Å². The largest absolute Gasteiger partial charge is 0.440 e. The number of thiophene rings is 1. The molecule has 4 amide bonds. The molecule has 6 nitrogen and oxygen atoms in total. The number of carbonyl (C=O) groups excluding carboxylic acids is 3. The topological polar surface area (TPSA) is 78.5 Å². The summed E-state index contributed by atoms with van der Waals surface area (Å²) in [5.74, 6) is -3.83. The molecule has 1 aromatic heterocycles. The van der Waals surface area contributed by atoms with Gasteiger partial charge in [-0.25, -0.2) is 14.1 Å². The predicted octanol–water partition coefficient (Wildman–Crippen LogP) is 2.63. The lowest BCUT2D eigenvalue weighted by atomic mass is 10.1. The Morgan fingerprint density at radius 1 is 1.19 bits per heavy atom. The Bertz CT molecular complexity index is 885. The first-order chi connectivity index (χ1) is 12.2. The molecule has 1 aliphatic rings. The summed E-state index contributed by atoms with van der Waals surface area (Å²) in [6.45, 7) is 0. The van der Waals surface area contributed by atoms with Gasteiger partial charge in [0.25, 0.3) is 17.5 Å². The number of nitrogens with zero attached hydrogens (tertiary/aromatic N) is 1. The maximum Gasteiger partial charge on any atom is 0.440 e. The summed E-state index contributed by atoms with van der Waals surface area (Å²) in [4.78, 5) is 36.7. The van der Waals surface area contributed by atoms with Crippen molar-refractivity contribution >= 4 is 34.9 Å². The van der Waals surface area contributed by atoms with Crippen LogP contribution < -0.4 is 15.5 Å². The third kappa shape index (κ3) is 2.79. The number of anilines is 1. The summed E-state index contributed by atoms with van der Waals surface area (Å²) >= 11 is 0.858. The Morgan fingerprint density at radius 3 is 2.50 bits per heavy atom. The van der Waals surface area contributed by atoms with E-state index in [1.54, 1.807) is 5.32 Å². The monoisotopic (exact) mass is 387 g/mol. The van der Waals surface area contributed by atoms with Crippen LogP contribution in [0.25, 0.3) is 0 Å². The van der Waals surface area contributed by atoms with Gasteiger partial charge in [0.1, 0.15) is 5.82 Å².